The zero-order valence-corrected chi connectivity index (χ0v) is 27.4. The molecule has 1 heterocycles. The van der Waals surface area contributed by atoms with Crippen molar-refractivity contribution in [2.75, 3.05) is 6.54 Å². The molecule has 1 aliphatic heterocycles. The number of nitrogens with one attached hydrogen (secondary N) is 4. The van der Waals surface area contributed by atoms with E-state index >= 15 is 0 Å². The van der Waals surface area contributed by atoms with Gasteiger partial charge < -0.3 is 30.7 Å². The molecule has 7 N–H and O–H groups in total. The second-order valence-electron chi connectivity index (χ2n) is 12.9. The number of nitrogens with zero attached hydrogens (tertiary/aromatic N) is 1. The summed E-state index contributed by atoms with van der Waals surface area (Å²) in [7, 11) is 0. The third-order valence-corrected chi connectivity index (χ3v) is 7.99. The maximum absolute atomic E-state index is 13.7. The van der Waals surface area contributed by atoms with Gasteiger partial charge in [-0.1, -0.05) is 72.8 Å². The van der Waals surface area contributed by atoms with Gasteiger partial charge in [0.05, 0.1) is 12.5 Å². The molecule has 0 aliphatic carbocycles. The van der Waals surface area contributed by atoms with Crippen LogP contribution >= 0.6 is 0 Å². The second-order valence-corrected chi connectivity index (χ2v) is 12.9. The summed E-state index contributed by atoms with van der Waals surface area (Å²) in [6.45, 7) is 5.66. The summed E-state index contributed by atoms with van der Waals surface area (Å²) in [5.74, 6) is 2.63. The fourth-order valence-electron chi connectivity index (χ4n) is 5.69. The number of nitrogens with two attached hydrogens (primary N) is 1. The number of hydrogen-bond donors (Lipinski definition) is 6. The van der Waals surface area contributed by atoms with E-state index < -0.39 is 60.0 Å². The minimum absolute atomic E-state index is 0.0352. The van der Waals surface area contributed by atoms with Crippen LogP contribution in [-0.4, -0.2) is 76.0 Å². The van der Waals surface area contributed by atoms with Gasteiger partial charge in [0.15, 0.2) is 6.10 Å². The Balaban J connectivity index is 1.50. The molecule has 1 saturated heterocycles. The molecule has 3 aromatic rings. The first-order valence-corrected chi connectivity index (χ1v) is 15.9. The Kier molecular flexibility index (Phi) is 12.1. The number of likely N-dealkylation sites (tertiary alicyclic amines) is 1. The van der Waals surface area contributed by atoms with E-state index in [1.807, 2.05) is 68.7 Å². The van der Waals surface area contributed by atoms with Gasteiger partial charge in [0.2, 0.25) is 17.7 Å². The minimum atomic E-state index is -1.75. The number of fused-ring (bicyclic) bond motifs is 1. The number of aliphatic hydroxyl groups excluding tert-OH is 1. The summed E-state index contributed by atoms with van der Waals surface area (Å²) in [6.07, 6.45) is -2.23. The number of carbonyl (C=O) groups is 5. The van der Waals surface area contributed by atoms with Crippen molar-refractivity contribution in [1.29, 1.82) is 0 Å². The molecule has 1 aliphatic rings. The molecule has 2 unspecified atom stereocenters. The van der Waals surface area contributed by atoms with Crippen LogP contribution in [0.3, 0.4) is 0 Å². The second kappa shape index (κ2) is 16.2. The highest BCUT2D eigenvalue weighted by atomic mass is 16.5. The van der Waals surface area contributed by atoms with Crippen molar-refractivity contribution < 1.29 is 33.8 Å². The molecule has 0 radical (unpaired) electrons. The lowest BCUT2D eigenvalue weighted by atomic mass is 9.99. The fourth-order valence-corrected chi connectivity index (χ4v) is 5.69. The summed E-state index contributed by atoms with van der Waals surface area (Å²) < 4.78 is 5.41. The lowest BCUT2D eigenvalue weighted by Crippen LogP contribution is -2.59. The maximum atomic E-state index is 13.7. The quantitative estimate of drug-likeness (QED) is 0.0962. The van der Waals surface area contributed by atoms with Crippen molar-refractivity contribution in [3.8, 4) is 0 Å². The molecular weight excluding hydrogens is 616 g/mol. The number of aliphatic hydroxyl groups is 1. The van der Waals surface area contributed by atoms with Gasteiger partial charge in [0.1, 0.15) is 18.7 Å². The van der Waals surface area contributed by atoms with Crippen molar-refractivity contribution in [3.63, 3.8) is 0 Å². The first-order valence-electron chi connectivity index (χ1n) is 15.9. The van der Waals surface area contributed by atoms with E-state index in [-0.39, 0.29) is 25.5 Å². The normalized spacial score (nSPS) is 16.4. The Labute approximate surface area is 279 Å². The van der Waals surface area contributed by atoms with Gasteiger partial charge in [0, 0.05) is 12.1 Å². The van der Waals surface area contributed by atoms with Gasteiger partial charge in [-0.2, -0.15) is 0 Å². The maximum Gasteiger partial charge on any atom is 0.408 e. The molecule has 13 nitrogen and oxygen atoms in total. The average Bonchev–Trinajstić information content (AvgIpc) is 3.56. The van der Waals surface area contributed by atoms with E-state index in [9.17, 15) is 29.1 Å². The molecule has 48 heavy (non-hydrogen) atoms. The van der Waals surface area contributed by atoms with Gasteiger partial charge in [-0.05, 0) is 61.9 Å². The van der Waals surface area contributed by atoms with Crippen LogP contribution in [0.1, 0.15) is 51.2 Å². The van der Waals surface area contributed by atoms with Crippen LogP contribution in [-0.2, 0) is 36.9 Å². The largest absolute Gasteiger partial charge is 0.445 e. The Morgan fingerprint density at radius 3 is 2.35 bits per heavy atom. The SMILES string of the molecule is CC(C)(C)NC(=O)[C@@H]1CCCN1C(=O)C(O)C(Cc1ccccc1)NC(=O)[C@H](CC(=O)NN)NC(=O)OCc1cccc2ccccc12. The minimum Gasteiger partial charge on any atom is -0.445 e. The van der Waals surface area contributed by atoms with Gasteiger partial charge in [-0.25, -0.2) is 10.6 Å². The highest BCUT2D eigenvalue weighted by Crippen LogP contribution is 2.22. The van der Waals surface area contributed by atoms with E-state index in [4.69, 9.17) is 10.6 Å². The topological polar surface area (TPSA) is 192 Å². The lowest BCUT2D eigenvalue weighted by Gasteiger charge is -2.32. The number of alkyl carbamates (subject to hydrolysis) is 1. The molecule has 0 bridgehead atoms. The predicted molar refractivity (Wildman–Crippen MR) is 179 cm³/mol. The number of carbonyl (C=O) groups excluding carboxylic acids is 5. The summed E-state index contributed by atoms with van der Waals surface area (Å²) in [4.78, 5) is 66.9. The molecule has 0 saturated carbocycles. The molecule has 256 valence electrons. The van der Waals surface area contributed by atoms with E-state index in [0.717, 1.165) is 16.3 Å². The predicted octanol–water partition coefficient (Wildman–Crippen LogP) is 1.81. The summed E-state index contributed by atoms with van der Waals surface area (Å²) in [5.41, 5.74) is 2.87. The molecule has 13 heteroatoms. The molecule has 5 amide bonds. The summed E-state index contributed by atoms with van der Waals surface area (Å²) in [5, 5.41) is 21.2. The van der Waals surface area contributed by atoms with E-state index in [1.54, 1.807) is 30.3 Å². The molecular formula is C35H44N6O7. The number of ether oxygens (including phenoxy) is 1. The average molecular weight is 661 g/mol. The van der Waals surface area contributed by atoms with E-state index in [1.165, 1.54) is 4.90 Å². The highest BCUT2D eigenvalue weighted by Gasteiger charge is 2.41. The van der Waals surface area contributed by atoms with Crippen LogP contribution in [0.5, 0.6) is 0 Å². The van der Waals surface area contributed by atoms with E-state index in [2.05, 4.69) is 16.0 Å². The van der Waals surface area contributed by atoms with Crippen LogP contribution in [0.2, 0.25) is 0 Å². The van der Waals surface area contributed by atoms with Crippen molar-refractivity contribution in [3.05, 3.63) is 83.9 Å². The smallest absolute Gasteiger partial charge is 0.408 e. The summed E-state index contributed by atoms with van der Waals surface area (Å²) in [6, 6.07) is 18.6. The van der Waals surface area contributed by atoms with Crippen LogP contribution in [0.25, 0.3) is 10.8 Å². The molecule has 0 spiro atoms. The van der Waals surface area contributed by atoms with Crippen molar-refractivity contribution in [2.24, 2.45) is 5.84 Å². The number of rotatable bonds is 12. The highest BCUT2D eigenvalue weighted by molar-refractivity contribution is 5.93. The lowest BCUT2D eigenvalue weighted by molar-refractivity contribution is -0.147. The Morgan fingerprint density at radius 2 is 1.65 bits per heavy atom. The molecule has 4 atom stereocenters. The third kappa shape index (κ3) is 9.75. The zero-order chi connectivity index (χ0) is 34.8. The van der Waals surface area contributed by atoms with Gasteiger partial charge >= 0.3 is 6.09 Å². The standard InChI is InChI=1S/C35H44N6O7/c1-35(2,3)39-32(45)28-17-10-18-41(28)33(46)30(43)26(19-22-11-5-4-6-12-22)37-31(44)27(20-29(42)40-36)38-34(47)48-21-24-15-9-14-23-13-7-8-16-25(23)24/h4-9,11-16,26-28,30,43H,10,17-21,36H2,1-3H3,(H,37,44)(H,38,47)(H,39,45)(H,40,42)/t26?,27-,28-,30?/m0/s1. The third-order valence-electron chi connectivity index (χ3n) is 7.99. The Bertz CT molecular complexity index is 1600. The van der Waals surface area contributed by atoms with Crippen LogP contribution in [0.4, 0.5) is 4.79 Å². The zero-order valence-electron chi connectivity index (χ0n) is 27.4. The number of hydrazine groups is 1. The van der Waals surface area contributed by atoms with Crippen LogP contribution < -0.4 is 27.2 Å². The number of amides is 5. The van der Waals surface area contributed by atoms with Gasteiger partial charge in [-0.3, -0.25) is 24.6 Å². The van der Waals surface area contributed by atoms with Crippen molar-refractivity contribution in [1.82, 2.24) is 26.3 Å². The van der Waals surface area contributed by atoms with Crippen molar-refractivity contribution in [2.45, 2.75) is 82.8 Å². The molecule has 4 rings (SSSR count). The Morgan fingerprint density at radius 1 is 0.958 bits per heavy atom. The van der Waals surface area contributed by atoms with Crippen LogP contribution in [0.15, 0.2) is 72.8 Å². The van der Waals surface area contributed by atoms with Crippen molar-refractivity contribution >= 4 is 40.5 Å². The van der Waals surface area contributed by atoms with Gasteiger partial charge in [0.25, 0.3) is 5.91 Å². The molecule has 3 aromatic carbocycles. The van der Waals surface area contributed by atoms with Crippen LogP contribution in [0, 0.1) is 0 Å². The molecule has 1 fully saturated rings. The number of hydrogen-bond acceptors (Lipinski definition) is 8. The molecule has 0 aromatic heterocycles. The monoisotopic (exact) mass is 660 g/mol. The first kappa shape index (κ1) is 35.8. The first-order chi connectivity index (χ1) is 22.9. The summed E-state index contributed by atoms with van der Waals surface area (Å²) >= 11 is 0. The van der Waals surface area contributed by atoms with E-state index in [0.29, 0.717) is 18.4 Å². The number of benzene rings is 3. The van der Waals surface area contributed by atoms with Gasteiger partial charge in [-0.15, -0.1) is 0 Å². The Hall–Kier alpha value is -5.01. The fraction of sp³-hybridized carbons (Fsp3) is 0.400.